The third-order valence-corrected chi connectivity index (χ3v) is 3.78. The van der Waals surface area contributed by atoms with E-state index in [4.69, 9.17) is 0 Å². The summed E-state index contributed by atoms with van der Waals surface area (Å²) >= 11 is 0. The Morgan fingerprint density at radius 1 is 1.00 bits per heavy atom. The molecule has 0 fully saturated rings. The molecule has 4 heteroatoms. The summed E-state index contributed by atoms with van der Waals surface area (Å²) in [6.07, 6.45) is 1.30. The molecule has 21 heavy (non-hydrogen) atoms. The van der Waals surface area contributed by atoms with Crippen LogP contribution in [0.25, 0.3) is 17.2 Å². The lowest BCUT2D eigenvalue weighted by Gasteiger charge is -2.14. The van der Waals surface area contributed by atoms with Gasteiger partial charge in [-0.1, -0.05) is 42.0 Å². The van der Waals surface area contributed by atoms with Crippen molar-refractivity contribution in [3.8, 4) is 11.1 Å². The molecule has 0 aliphatic carbocycles. The molecule has 0 aliphatic heterocycles. The fourth-order valence-corrected chi connectivity index (χ4v) is 2.94. The van der Waals surface area contributed by atoms with Gasteiger partial charge in [-0.3, -0.25) is 0 Å². The number of benzene rings is 2. The predicted octanol–water partition coefficient (Wildman–Crippen LogP) is 4.55. The van der Waals surface area contributed by atoms with Crippen molar-refractivity contribution in [2.75, 3.05) is 0 Å². The van der Waals surface area contributed by atoms with Gasteiger partial charge in [0.05, 0.1) is 5.41 Å². The van der Waals surface area contributed by atoms with Crippen LogP contribution in [0.4, 0.5) is 3.89 Å². The fourth-order valence-electron chi connectivity index (χ4n) is 2.63. The molecule has 0 amide bonds. The Morgan fingerprint density at radius 2 is 1.57 bits per heavy atom. The zero-order valence-electron chi connectivity index (χ0n) is 12.2. The van der Waals surface area contributed by atoms with Crippen molar-refractivity contribution in [3.05, 3.63) is 64.1 Å². The van der Waals surface area contributed by atoms with Crippen LogP contribution in [0.15, 0.2) is 41.8 Å². The van der Waals surface area contributed by atoms with E-state index in [1.165, 1.54) is 11.6 Å². The summed E-state index contributed by atoms with van der Waals surface area (Å²) in [5, 5.41) is 0.588. The summed E-state index contributed by atoms with van der Waals surface area (Å²) < 4.78 is 34.1. The van der Waals surface area contributed by atoms with Gasteiger partial charge in [-0.2, -0.15) is 8.42 Å². The van der Waals surface area contributed by atoms with Gasteiger partial charge in [-0.15, -0.1) is 3.89 Å². The fraction of sp³-hybridized carbons (Fsp3) is 0.176. The van der Waals surface area contributed by atoms with E-state index in [1.807, 2.05) is 32.9 Å². The number of rotatable bonds is 3. The Morgan fingerprint density at radius 3 is 2.14 bits per heavy atom. The van der Waals surface area contributed by atoms with Gasteiger partial charge in [0.15, 0.2) is 0 Å². The normalized spacial score (nSPS) is 12.0. The van der Waals surface area contributed by atoms with Crippen molar-refractivity contribution in [3.63, 3.8) is 0 Å². The molecule has 2 nitrogen and oxygen atoms in total. The van der Waals surface area contributed by atoms with Crippen molar-refractivity contribution in [1.29, 1.82) is 0 Å². The average Bonchev–Trinajstić information content (AvgIpc) is 2.35. The maximum absolute atomic E-state index is 12.7. The quantitative estimate of drug-likeness (QED) is 0.780. The van der Waals surface area contributed by atoms with Crippen LogP contribution in [0.2, 0.25) is 0 Å². The lowest BCUT2D eigenvalue weighted by molar-refractivity contribution is 0.563. The van der Waals surface area contributed by atoms with Crippen LogP contribution >= 0.6 is 0 Å². The molecule has 110 valence electrons. The molecule has 2 rings (SSSR count). The first-order valence-corrected chi connectivity index (χ1v) is 8.02. The van der Waals surface area contributed by atoms with Gasteiger partial charge >= 0.3 is 10.2 Å². The van der Waals surface area contributed by atoms with Gasteiger partial charge in [-0.25, -0.2) is 0 Å². The first-order valence-electron chi connectivity index (χ1n) is 6.58. The molecule has 0 spiro atoms. The van der Waals surface area contributed by atoms with E-state index in [-0.39, 0.29) is 0 Å². The highest BCUT2D eigenvalue weighted by molar-refractivity contribution is 7.89. The summed E-state index contributed by atoms with van der Waals surface area (Å²) in [6, 6.07) is 11.5. The minimum atomic E-state index is -4.63. The summed E-state index contributed by atoms with van der Waals surface area (Å²) in [5.41, 5.74) is 6.01. The number of halogens is 1. The van der Waals surface area contributed by atoms with E-state index in [9.17, 15) is 12.3 Å². The molecule has 0 aromatic heterocycles. The molecule has 2 aromatic carbocycles. The Labute approximate surface area is 125 Å². The number of hydrogen-bond acceptors (Lipinski definition) is 2. The van der Waals surface area contributed by atoms with E-state index in [1.54, 1.807) is 12.1 Å². The van der Waals surface area contributed by atoms with Crippen LogP contribution in [0, 0.1) is 20.8 Å². The third kappa shape index (κ3) is 3.79. The van der Waals surface area contributed by atoms with Crippen molar-refractivity contribution in [2.24, 2.45) is 0 Å². The maximum Gasteiger partial charge on any atom is 0.325 e. The summed E-state index contributed by atoms with van der Waals surface area (Å²) in [4.78, 5) is 0. The molecule has 0 saturated carbocycles. The van der Waals surface area contributed by atoms with Crippen LogP contribution in [0.3, 0.4) is 0 Å². The van der Waals surface area contributed by atoms with Crippen molar-refractivity contribution in [1.82, 2.24) is 0 Å². The van der Waals surface area contributed by atoms with Gasteiger partial charge in [0.1, 0.15) is 0 Å². The smallest absolute Gasteiger partial charge is 0.190 e. The first kappa shape index (κ1) is 15.4. The molecule has 0 unspecified atom stereocenters. The molecule has 0 saturated heterocycles. The van der Waals surface area contributed by atoms with E-state index < -0.39 is 10.2 Å². The average molecular weight is 304 g/mol. The van der Waals surface area contributed by atoms with Gasteiger partial charge in [-0.05, 0) is 54.7 Å². The van der Waals surface area contributed by atoms with Gasteiger partial charge < -0.3 is 0 Å². The Hall–Kier alpha value is -1.94. The molecule has 2 aromatic rings. The van der Waals surface area contributed by atoms with Crippen molar-refractivity contribution >= 4 is 16.3 Å². The molecule has 0 radical (unpaired) electrons. The van der Waals surface area contributed by atoms with Crippen LogP contribution < -0.4 is 0 Å². The largest absolute Gasteiger partial charge is 0.325 e. The van der Waals surface area contributed by atoms with Crippen LogP contribution in [-0.2, 0) is 10.2 Å². The molecule has 0 aliphatic rings. The molecular weight excluding hydrogens is 287 g/mol. The molecule has 0 bridgehead atoms. The minimum absolute atomic E-state index is 0.588. The highest BCUT2D eigenvalue weighted by Crippen LogP contribution is 2.31. The van der Waals surface area contributed by atoms with E-state index in [0.29, 0.717) is 11.0 Å². The minimum Gasteiger partial charge on any atom is -0.190 e. The second kappa shape index (κ2) is 5.82. The zero-order valence-corrected chi connectivity index (χ0v) is 13.0. The predicted molar refractivity (Wildman–Crippen MR) is 85.2 cm³/mol. The van der Waals surface area contributed by atoms with E-state index in [2.05, 4.69) is 12.1 Å². The van der Waals surface area contributed by atoms with Crippen molar-refractivity contribution < 1.29 is 12.3 Å². The summed E-state index contributed by atoms with van der Waals surface area (Å²) in [6.45, 7) is 6.06. The Balaban J connectivity index is 2.64. The van der Waals surface area contributed by atoms with Gasteiger partial charge in [0.25, 0.3) is 0 Å². The SMILES string of the molecule is Cc1cc(C)c(-c2ccccc2C=CS(=O)(=O)F)c(C)c1. The highest BCUT2D eigenvalue weighted by atomic mass is 32.3. The molecular formula is C17H17FO2S. The maximum atomic E-state index is 12.7. The lowest BCUT2D eigenvalue weighted by Crippen LogP contribution is -1.92. The first-order chi connectivity index (χ1) is 9.78. The van der Waals surface area contributed by atoms with Crippen LogP contribution in [0.5, 0.6) is 0 Å². The standard InChI is InChI=1S/C17H17FO2S/c1-12-10-13(2)17(14(3)11-12)16-7-5-4-6-15(16)8-9-21(18,19)20/h4-11H,1-3H3. The summed E-state index contributed by atoms with van der Waals surface area (Å²) in [7, 11) is -4.63. The second-order valence-electron chi connectivity index (χ2n) is 5.14. The molecule has 0 N–H and O–H groups in total. The van der Waals surface area contributed by atoms with Crippen LogP contribution in [-0.4, -0.2) is 8.42 Å². The van der Waals surface area contributed by atoms with E-state index in [0.717, 1.165) is 22.3 Å². The Kier molecular flexibility index (Phi) is 4.28. The summed E-state index contributed by atoms with van der Waals surface area (Å²) in [5.74, 6) is 0. The zero-order chi connectivity index (χ0) is 15.6. The van der Waals surface area contributed by atoms with E-state index >= 15 is 0 Å². The lowest BCUT2D eigenvalue weighted by atomic mass is 9.91. The van der Waals surface area contributed by atoms with Crippen LogP contribution in [0.1, 0.15) is 22.3 Å². The highest BCUT2D eigenvalue weighted by Gasteiger charge is 2.10. The number of hydrogen-bond donors (Lipinski definition) is 0. The van der Waals surface area contributed by atoms with Gasteiger partial charge in [0.2, 0.25) is 0 Å². The molecule has 0 atom stereocenters. The Bertz CT molecular complexity index is 782. The van der Waals surface area contributed by atoms with Gasteiger partial charge in [0, 0.05) is 0 Å². The third-order valence-electron chi connectivity index (χ3n) is 3.32. The monoisotopic (exact) mass is 304 g/mol. The molecule has 0 heterocycles. The van der Waals surface area contributed by atoms with Crippen molar-refractivity contribution in [2.45, 2.75) is 20.8 Å². The topological polar surface area (TPSA) is 34.1 Å². The number of aryl methyl sites for hydroxylation is 3. The second-order valence-corrected chi connectivity index (χ2v) is 6.36.